The zero-order chi connectivity index (χ0) is 17.4. The quantitative estimate of drug-likeness (QED) is 0.616. The van der Waals surface area contributed by atoms with Gasteiger partial charge in [0.05, 0.1) is 0 Å². The van der Waals surface area contributed by atoms with Gasteiger partial charge in [0.15, 0.2) is 0 Å². The van der Waals surface area contributed by atoms with Gasteiger partial charge < -0.3 is 4.74 Å². The molecule has 6 unspecified atom stereocenters. The number of Topliss-reactive ketones (excluding diaryl/α,β-unsaturated/α-hetero) is 2. The van der Waals surface area contributed by atoms with Crippen LogP contribution in [-0.2, 0) is 25.7 Å². The van der Waals surface area contributed by atoms with Crippen molar-refractivity contribution in [1.29, 1.82) is 0 Å². The molecule has 24 heavy (non-hydrogen) atoms. The molecule has 1 aromatic rings. The van der Waals surface area contributed by atoms with Crippen LogP contribution < -0.4 is 0 Å². The van der Waals surface area contributed by atoms with Gasteiger partial charge >= 0.3 is 5.97 Å². The maximum Gasteiger partial charge on any atom is 0.375 e. The van der Waals surface area contributed by atoms with Crippen molar-refractivity contribution in [2.45, 2.75) is 33.8 Å². The van der Waals surface area contributed by atoms with E-state index in [1.54, 1.807) is 6.92 Å². The number of hydrogen-bond acceptors (Lipinski definition) is 4. The highest BCUT2D eigenvalue weighted by atomic mass is 16.5. The van der Waals surface area contributed by atoms with Gasteiger partial charge in [-0.3, -0.25) is 9.59 Å². The van der Waals surface area contributed by atoms with Crippen LogP contribution in [0, 0.1) is 35.5 Å². The molecule has 0 spiro atoms. The minimum absolute atomic E-state index is 0.0236. The molecule has 2 saturated carbocycles. The molecule has 4 nitrogen and oxygen atoms in total. The van der Waals surface area contributed by atoms with Crippen molar-refractivity contribution in [2.24, 2.45) is 35.5 Å². The third-order valence-electron chi connectivity index (χ3n) is 6.22. The zero-order valence-electron chi connectivity index (χ0n) is 14.4. The van der Waals surface area contributed by atoms with Crippen LogP contribution in [0.4, 0.5) is 0 Å². The van der Waals surface area contributed by atoms with Gasteiger partial charge in [0.1, 0.15) is 12.4 Å². The van der Waals surface area contributed by atoms with Crippen LogP contribution in [0.15, 0.2) is 30.3 Å². The van der Waals surface area contributed by atoms with Gasteiger partial charge in [-0.15, -0.1) is 0 Å². The summed E-state index contributed by atoms with van der Waals surface area (Å²) in [7, 11) is 0. The van der Waals surface area contributed by atoms with Crippen molar-refractivity contribution in [3.63, 3.8) is 0 Å². The number of carbonyl (C=O) groups excluding carboxylic acids is 3. The monoisotopic (exact) mass is 328 g/mol. The summed E-state index contributed by atoms with van der Waals surface area (Å²) in [6.07, 6.45) is 0.870. The van der Waals surface area contributed by atoms with Gasteiger partial charge in [-0.25, -0.2) is 4.79 Å². The van der Waals surface area contributed by atoms with E-state index in [0.29, 0.717) is 11.8 Å². The summed E-state index contributed by atoms with van der Waals surface area (Å²) < 4.78 is 5.20. The molecule has 2 aliphatic carbocycles. The van der Waals surface area contributed by atoms with E-state index in [1.807, 2.05) is 30.3 Å². The van der Waals surface area contributed by atoms with E-state index in [9.17, 15) is 14.4 Å². The molecule has 1 aromatic carbocycles. The summed E-state index contributed by atoms with van der Waals surface area (Å²) in [4.78, 5) is 37.1. The van der Waals surface area contributed by atoms with E-state index in [2.05, 4.69) is 13.8 Å². The Balaban J connectivity index is 1.71. The van der Waals surface area contributed by atoms with Crippen molar-refractivity contribution in [3.8, 4) is 0 Å². The van der Waals surface area contributed by atoms with Gasteiger partial charge in [0.2, 0.25) is 5.78 Å². The number of ether oxygens (including phenoxy) is 1. The first-order valence-electron chi connectivity index (χ1n) is 8.67. The summed E-state index contributed by atoms with van der Waals surface area (Å²) in [6.45, 7) is 5.90. The van der Waals surface area contributed by atoms with Gasteiger partial charge in [0, 0.05) is 11.8 Å². The summed E-state index contributed by atoms with van der Waals surface area (Å²) in [5.74, 6) is -0.987. The zero-order valence-corrected chi connectivity index (χ0v) is 14.4. The average Bonchev–Trinajstić information content (AvgIpc) is 3.10. The van der Waals surface area contributed by atoms with Crippen molar-refractivity contribution in [3.05, 3.63) is 35.9 Å². The molecule has 6 atom stereocenters. The third-order valence-corrected chi connectivity index (χ3v) is 6.22. The van der Waals surface area contributed by atoms with E-state index < -0.39 is 17.7 Å². The van der Waals surface area contributed by atoms with Gasteiger partial charge in [-0.05, 0) is 42.6 Å². The maximum atomic E-state index is 12.7. The van der Waals surface area contributed by atoms with Gasteiger partial charge in [-0.1, -0.05) is 44.2 Å². The number of carbonyl (C=O) groups is 3. The Morgan fingerprint density at radius 1 is 1.00 bits per heavy atom. The van der Waals surface area contributed by atoms with Crippen LogP contribution in [0.25, 0.3) is 0 Å². The molecule has 0 heterocycles. The molecular formula is C20H24O4. The van der Waals surface area contributed by atoms with Crippen molar-refractivity contribution in [1.82, 2.24) is 0 Å². The number of benzene rings is 1. The molecule has 0 aliphatic heterocycles. The number of ketones is 2. The van der Waals surface area contributed by atoms with Gasteiger partial charge in [0.25, 0.3) is 0 Å². The molecule has 0 radical (unpaired) electrons. The standard InChI is InChI=1S/C20H24O4/c1-11-12(2)16-9-15(11)17(13(3)21)18(16)19(22)20(23)24-10-14-7-5-4-6-8-14/h4-8,11-12,15-18H,9-10H2,1-3H3. The number of rotatable bonds is 5. The molecule has 0 aromatic heterocycles. The first-order chi connectivity index (χ1) is 11.4. The molecule has 128 valence electrons. The van der Waals surface area contributed by atoms with E-state index in [4.69, 9.17) is 4.74 Å². The highest BCUT2D eigenvalue weighted by Gasteiger charge is 2.59. The largest absolute Gasteiger partial charge is 0.455 e. The lowest BCUT2D eigenvalue weighted by atomic mass is 9.67. The van der Waals surface area contributed by atoms with Crippen molar-refractivity contribution >= 4 is 17.5 Å². The van der Waals surface area contributed by atoms with Crippen molar-refractivity contribution in [2.75, 3.05) is 0 Å². The number of esters is 1. The fourth-order valence-electron chi connectivity index (χ4n) is 4.85. The summed E-state index contributed by atoms with van der Waals surface area (Å²) in [5.41, 5.74) is 0.844. The highest BCUT2D eigenvalue weighted by Crippen LogP contribution is 2.58. The maximum absolute atomic E-state index is 12.7. The fourth-order valence-corrected chi connectivity index (χ4v) is 4.85. The Kier molecular flexibility index (Phi) is 4.57. The minimum Gasteiger partial charge on any atom is -0.455 e. The Morgan fingerprint density at radius 3 is 2.17 bits per heavy atom. The number of fused-ring (bicyclic) bond motifs is 2. The predicted octanol–water partition coefficient (Wildman–Crippen LogP) is 3.04. The lowest BCUT2D eigenvalue weighted by molar-refractivity contribution is -0.159. The fraction of sp³-hybridized carbons (Fsp3) is 0.550. The molecular weight excluding hydrogens is 304 g/mol. The molecule has 3 rings (SSSR count). The first-order valence-corrected chi connectivity index (χ1v) is 8.67. The average molecular weight is 328 g/mol. The third kappa shape index (κ3) is 2.79. The Morgan fingerprint density at radius 2 is 1.58 bits per heavy atom. The molecule has 2 fully saturated rings. The smallest absolute Gasteiger partial charge is 0.375 e. The van der Waals surface area contributed by atoms with Gasteiger partial charge in [-0.2, -0.15) is 0 Å². The van der Waals surface area contributed by atoms with Crippen molar-refractivity contribution < 1.29 is 19.1 Å². The summed E-state index contributed by atoms with van der Waals surface area (Å²) in [5, 5.41) is 0. The second kappa shape index (κ2) is 6.50. The van der Waals surface area contributed by atoms with E-state index in [-0.39, 0.29) is 30.1 Å². The minimum atomic E-state index is -0.803. The topological polar surface area (TPSA) is 60.4 Å². The van der Waals surface area contributed by atoms with Crippen LogP contribution in [0.1, 0.15) is 32.8 Å². The van der Waals surface area contributed by atoms with Crippen LogP contribution in [0.3, 0.4) is 0 Å². The molecule has 0 N–H and O–H groups in total. The molecule has 0 saturated heterocycles. The van der Waals surface area contributed by atoms with E-state index in [0.717, 1.165) is 12.0 Å². The predicted molar refractivity (Wildman–Crippen MR) is 88.8 cm³/mol. The molecule has 2 bridgehead atoms. The van der Waals surface area contributed by atoms with Crippen LogP contribution in [0.5, 0.6) is 0 Å². The van der Waals surface area contributed by atoms with E-state index >= 15 is 0 Å². The normalized spacial score (nSPS) is 34.1. The molecule has 4 heteroatoms. The highest BCUT2D eigenvalue weighted by molar-refractivity contribution is 6.35. The number of hydrogen-bond donors (Lipinski definition) is 0. The Hall–Kier alpha value is -1.97. The Labute approximate surface area is 142 Å². The SMILES string of the molecule is CC(=O)C1C2CC(C(C)C2C)C1C(=O)C(=O)OCc1ccccc1. The van der Waals surface area contributed by atoms with E-state index in [1.165, 1.54) is 0 Å². The lowest BCUT2D eigenvalue weighted by Gasteiger charge is -2.35. The molecule has 0 amide bonds. The van der Waals surface area contributed by atoms with Crippen LogP contribution in [0.2, 0.25) is 0 Å². The summed E-state index contributed by atoms with van der Waals surface area (Å²) in [6, 6.07) is 9.28. The summed E-state index contributed by atoms with van der Waals surface area (Å²) >= 11 is 0. The lowest BCUT2D eigenvalue weighted by Crippen LogP contribution is -2.43. The second-order valence-electron chi connectivity index (χ2n) is 7.37. The Bertz CT molecular complexity index is 651. The first kappa shape index (κ1) is 16.9. The van der Waals surface area contributed by atoms with Crippen LogP contribution in [-0.4, -0.2) is 17.5 Å². The second-order valence-corrected chi connectivity index (χ2v) is 7.37. The van der Waals surface area contributed by atoms with Crippen LogP contribution >= 0.6 is 0 Å². The molecule has 2 aliphatic rings.